The average molecular weight is 510 g/mol. The lowest BCUT2D eigenvalue weighted by Gasteiger charge is -2.21. The molecule has 8 nitrogen and oxygen atoms in total. The average Bonchev–Trinajstić information content (AvgIpc) is 3.27. The van der Waals surface area contributed by atoms with Gasteiger partial charge in [0.15, 0.2) is 11.5 Å². The molecule has 2 heterocycles. The van der Waals surface area contributed by atoms with Crippen LogP contribution in [0.3, 0.4) is 0 Å². The van der Waals surface area contributed by atoms with Crippen LogP contribution in [0.1, 0.15) is 19.3 Å². The monoisotopic (exact) mass is 509 g/mol. The van der Waals surface area contributed by atoms with Crippen molar-refractivity contribution in [3.05, 3.63) is 47.5 Å². The number of aromatic nitrogens is 2. The first-order chi connectivity index (χ1) is 16.0. The molecule has 0 saturated carbocycles. The number of fused-ring (bicyclic) bond motifs is 1. The van der Waals surface area contributed by atoms with Gasteiger partial charge in [-0.05, 0) is 50.1 Å². The highest BCUT2D eigenvalue weighted by atomic mass is 35.5. The van der Waals surface area contributed by atoms with Crippen LogP contribution in [0.4, 0.5) is 15.9 Å². The van der Waals surface area contributed by atoms with Gasteiger partial charge in [0, 0.05) is 23.0 Å². The normalized spacial score (nSPS) is 15.7. The number of ether oxygens (including phenoxy) is 2. The standard InChI is InChI=1S/C23H25ClFN5O3.ClH/c1-32-20-11-15-18(27-13-28-23(15)29-17-6-5-14(24)10-16(17)25)12-21(20)33-9-3-8-30-7-2-4-19(30)22(26)31;/h5-6,10-13,19H,2-4,7-9H2,1H3,(H2,26,31)(H,27,28,29);1H/t19-;/m0./s1. The number of carbonyl (C=O) groups is 1. The highest BCUT2D eigenvalue weighted by Gasteiger charge is 2.28. The Morgan fingerprint density at radius 1 is 1.29 bits per heavy atom. The van der Waals surface area contributed by atoms with Gasteiger partial charge in [0.25, 0.3) is 0 Å². The first-order valence-corrected chi connectivity index (χ1v) is 11.0. The summed E-state index contributed by atoms with van der Waals surface area (Å²) in [6, 6.07) is 7.70. The van der Waals surface area contributed by atoms with Crippen LogP contribution in [0.25, 0.3) is 10.9 Å². The van der Waals surface area contributed by atoms with Gasteiger partial charge in [0.2, 0.25) is 5.91 Å². The number of benzene rings is 2. The number of nitrogens with one attached hydrogen (secondary N) is 1. The van der Waals surface area contributed by atoms with E-state index in [9.17, 15) is 9.18 Å². The molecule has 34 heavy (non-hydrogen) atoms. The minimum Gasteiger partial charge on any atom is -0.493 e. The van der Waals surface area contributed by atoms with Crippen molar-refractivity contribution in [1.29, 1.82) is 0 Å². The highest BCUT2D eigenvalue weighted by Crippen LogP contribution is 2.35. The predicted molar refractivity (Wildman–Crippen MR) is 132 cm³/mol. The summed E-state index contributed by atoms with van der Waals surface area (Å²) in [4.78, 5) is 22.2. The molecule has 11 heteroatoms. The first kappa shape index (κ1) is 25.7. The fraction of sp³-hybridized carbons (Fsp3) is 0.348. The van der Waals surface area contributed by atoms with Gasteiger partial charge >= 0.3 is 0 Å². The number of hydrogen-bond donors (Lipinski definition) is 2. The Labute approximate surface area is 208 Å². The van der Waals surface area contributed by atoms with E-state index in [-0.39, 0.29) is 30.0 Å². The molecule has 1 aliphatic heterocycles. The molecule has 1 aromatic heterocycles. The third kappa shape index (κ3) is 5.78. The molecule has 3 aromatic rings. The number of likely N-dealkylation sites (tertiary alicyclic amines) is 1. The van der Waals surface area contributed by atoms with Crippen LogP contribution in [0.15, 0.2) is 36.7 Å². The summed E-state index contributed by atoms with van der Waals surface area (Å²) in [6.45, 7) is 2.04. The summed E-state index contributed by atoms with van der Waals surface area (Å²) in [6.07, 6.45) is 3.91. The molecule has 2 aromatic carbocycles. The summed E-state index contributed by atoms with van der Waals surface area (Å²) in [5, 5.41) is 3.95. The molecule has 0 bridgehead atoms. The van der Waals surface area contributed by atoms with Gasteiger partial charge < -0.3 is 20.5 Å². The maximum Gasteiger partial charge on any atom is 0.234 e. The molecule has 0 spiro atoms. The third-order valence-corrected chi connectivity index (χ3v) is 5.88. The van der Waals surface area contributed by atoms with E-state index in [1.807, 2.05) is 0 Å². The van der Waals surface area contributed by atoms with E-state index in [4.69, 9.17) is 26.8 Å². The molecule has 3 N–H and O–H groups in total. The summed E-state index contributed by atoms with van der Waals surface area (Å²) >= 11 is 5.83. The zero-order chi connectivity index (χ0) is 23.4. The van der Waals surface area contributed by atoms with Gasteiger partial charge in [-0.25, -0.2) is 14.4 Å². The van der Waals surface area contributed by atoms with Crippen LogP contribution in [0.2, 0.25) is 5.02 Å². The quantitative estimate of drug-likeness (QED) is 0.414. The third-order valence-electron chi connectivity index (χ3n) is 5.64. The number of primary amides is 1. The largest absolute Gasteiger partial charge is 0.493 e. The van der Waals surface area contributed by atoms with Gasteiger partial charge in [0.1, 0.15) is 18.0 Å². The summed E-state index contributed by atoms with van der Waals surface area (Å²) in [5.74, 6) is 0.718. The molecule has 1 amide bonds. The second-order valence-corrected chi connectivity index (χ2v) is 8.23. The number of hydrogen-bond acceptors (Lipinski definition) is 7. The zero-order valence-corrected chi connectivity index (χ0v) is 20.2. The number of halogens is 3. The van der Waals surface area contributed by atoms with E-state index in [2.05, 4.69) is 20.2 Å². The molecule has 0 aliphatic carbocycles. The van der Waals surface area contributed by atoms with Crippen LogP contribution in [-0.2, 0) is 4.79 Å². The Morgan fingerprint density at radius 3 is 2.85 bits per heavy atom. The van der Waals surface area contributed by atoms with E-state index in [0.717, 1.165) is 32.4 Å². The molecule has 0 unspecified atom stereocenters. The second-order valence-electron chi connectivity index (χ2n) is 7.79. The van der Waals surface area contributed by atoms with Crippen LogP contribution >= 0.6 is 24.0 Å². The molecule has 1 saturated heterocycles. The van der Waals surface area contributed by atoms with E-state index < -0.39 is 5.82 Å². The number of methoxy groups -OCH3 is 1. The van der Waals surface area contributed by atoms with Crippen LogP contribution < -0.4 is 20.5 Å². The van der Waals surface area contributed by atoms with Crippen LogP contribution in [-0.4, -0.2) is 53.6 Å². The van der Waals surface area contributed by atoms with Gasteiger partial charge in [0.05, 0.1) is 31.0 Å². The highest BCUT2D eigenvalue weighted by molar-refractivity contribution is 6.30. The number of anilines is 2. The lowest BCUT2D eigenvalue weighted by atomic mass is 10.2. The zero-order valence-electron chi connectivity index (χ0n) is 18.6. The Balaban J connectivity index is 0.00000324. The lowest BCUT2D eigenvalue weighted by Crippen LogP contribution is -2.40. The molecular weight excluding hydrogens is 484 g/mol. The van der Waals surface area contributed by atoms with Gasteiger partial charge in [-0.15, -0.1) is 12.4 Å². The van der Waals surface area contributed by atoms with E-state index in [1.54, 1.807) is 31.4 Å². The first-order valence-electron chi connectivity index (χ1n) is 10.7. The SMILES string of the molecule is COc1cc2c(Nc3ccc(Cl)cc3F)ncnc2cc1OCCCN1CCC[C@H]1C(N)=O.Cl. The Morgan fingerprint density at radius 2 is 2.12 bits per heavy atom. The maximum absolute atomic E-state index is 14.2. The van der Waals surface area contributed by atoms with Crippen molar-refractivity contribution in [3.63, 3.8) is 0 Å². The minimum atomic E-state index is -0.488. The number of rotatable bonds is 9. The summed E-state index contributed by atoms with van der Waals surface area (Å²) in [5.41, 5.74) is 6.34. The molecule has 4 rings (SSSR count). The molecule has 1 atom stereocenters. The second kappa shape index (κ2) is 11.5. The van der Waals surface area contributed by atoms with Gasteiger partial charge in [-0.1, -0.05) is 11.6 Å². The van der Waals surface area contributed by atoms with E-state index in [0.29, 0.717) is 39.8 Å². The molecular formula is C23H26Cl2FN5O3. The van der Waals surface area contributed by atoms with Crippen LogP contribution in [0.5, 0.6) is 11.5 Å². The van der Waals surface area contributed by atoms with Crippen molar-refractivity contribution in [2.45, 2.75) is 25.3 Å². The topological polar surface area (TPSA) is 103 Å². The number of carbonyl (C=O) groups excluding carboxylic acids is 1. The fourth-order valence-electron chi connectivity index (χ4n) is 4.02. The van der Waals surface area contributed by atoms with Crippen molar-refractivity contribution < 1.29 is 18.7 Å². The van der Waals surface area contributed by atoms with Crippen molar-refractivity contribution in [2.75, 3.05) is 32.1 Å². The fourth-order valence-corrected chi connectivity index (χ4v) is 4.18. The molecule has 1 fully saturated rings. The Kier molecular flexibility index (Phi) is 8.71. The van der Waals surface area contributed by atoms with Crippen molar-refractivity contribution >= 4 is 52.3 Å². The van der Waals surface area contributed by atoms with Gasteiger partial charge in [-0.2, -0.15) is 0 Å². The molecule has 182 valence electrons. The van der Waals surface area contributed by atoms with Crippen molar-refractivity contribution in [1.82, 2.24) is 14.9 Å². The smallest absolute Gasteiger partial charge is 0.234 e. The molecule has 0 radical (unpaired) electrons. The van der Waals surface area contributed by atoms with Crippen molar-refractivity contribution in [3.8, 4) is 11.5 Å². The van der Waals surface area contributed by atoms with E-state index in [1.165, 1.54) is 12.4 Å². The molecule has 1 aliphatic rings. The minimum absolute atomic E-state index is 0. The number of amides is 1. The van der Waals surface area contributed by atoms with Crippen LogP contribution in [0, 0.1) is 5.82 Å². The predicted octanol–water partition coefficient (Wildman–Crippen LogP) is 4.31. The van der Waals surface area contributed by atoms with Crippen molar-refractivity contribution in [2.24, 2.45) is 5.73 Å². The van der Waals surface area contributed by atoms with E-state index >= 15 is 0 Å². The number of nitrogens with two attached hydrogens (primary N) is 1. The number of nitrogens with zero attached hydrogens (tertiary/aromatic N) is 3. The Hall–Kier alpha value is -2.88. The lowest BCUT2D eigenvalue weighted by molar-refractivity contribution is -0.122. The summed E-state index contributed by atoms with van der Waals surface area (Å²) in [7, 11) is 1.55. The summed E-state index contributed by atoms with van der Waals surface area (Å²) < 4.78 is 25.7. The maximum atomic E-state index is 14.2. The Bertz CT molecular complexity index is 1170. The van der Waals surface area contributed by atoms with Gasteiger partial charge in [-0.3, -0.25) is 9.69 Å².